The molecule has 3 aromatic rings. The topological polar surface area (TPSA) is 72.7 Å². The molecule has 0 saturated carbocycles. The zero-order valence-corrected chi connectivity index (χ0v) is 13.8. The van der Waals surface area contributed by atoms with Crippen molar-refractivity contribution in [1.82, 2.24) is 25.5 Å². The maximum absolute atomic E-state index is 12.6. The Balaban J connectivity index is 1.75. The van der Waals surface area contributed by atoms with Gasteiger partial charge in [-0.3, -0.25) is 4.79 Å². The van der Waals surface area contributed by atoms with Gasteiger partial charge in [0.25, 0.3) is 5.91 Å². The van der Waals surface area contributed by atoms with Crippen molar-refractivity contribution in [3.05, 3.63) is 58.2 Å². The van der Waals surface area contributed by atoms with Crippen LogP contribution in [0.4, 0.5) is 0 Å². The number of aryl methyl sites for hydroxylation is 1. The molecule has 1 aromatic carbocycles. The summed E-state index contributed by atoms with van der Waals surface area (Å²) in [6.07, 6.45) is 2.31. The predicted molar refractivity (Wildman–Crippen MR) is 89.0 cm³/mol. The fourth-order valence-electron chi connectivity index (χ4n) is 2.35. The van der Waals surface area contributed by atoms with Crippen LogP contribution in [-0.4, -0.2) is 32.7 Å². The largest absolute Gasteiger partial charge is 0.352 e. The van der Waals surface area contributed by atoms with E-state index in [1.807, 2.05) is 32.0 Å². The van der Waals surface area contributed by atoms with Crippen LogP contribution in [0.1, 0.15) is 26.4 Å². The summed E-state index contributed by atoms with van der Waals surface area (Å²) in [5, 5.41) is 14.9. The van der Waals surface area contributed by atoms with Gasteiger partial charge in [-0.05, 0) is 41.8 Å². The van der Waals surface area contributed by atoms with Crippen LogP contribution in [0.3, 0.4) is 0 Å². The van der Waals surface area contributed by atoms with E-state index < -0.39 is 0 Å². The Kier molecular flexibility index (Phi) is 4.47. The van der Waals surface area contributed by atoms with Gasteiger partial charge in [-0.2, -0.15) is 4.68 Å². The fraction of sp³-hybridized carbons (Fsp3) is 0.250. The van der Waals surface area contributed by atoms with Gasteiger partial charge in [0.1, 0.15) is 11.3 Å². The monoisotopic (exact) mass is 327 g/mol. The van der Waals surface area contributed by atoms with Crippen LogP contribution in [0.25, 0.3) is 5.00 Å². The van der Waals surface area contributed by atoms with Crippen LogP contribution in [0.2, 0.25) is 0 Å². The minimum atomic E-state index is -0.0896. The summed E-state index contributed by atoms with van der Waals surface area (Å²) in [6.45, 7) is 4.53. The van der Waals surface area contributed by atoms with Gasteiger partial charge >= 0.3 is 0 Å². The molecule has 0 aliphatic carbocycles. The van der Waals surface area contributed by atoms with E-state index in [-0.39, 0.29) is 5.91 Å². The third kappa shape index (κ3) is 3.29. The highest BCUT2D eigenvalue weighted by Crippen LogP contribution is 2.29. The van der Waals surface area contributed by atoms with E-state index in [1.54, 1.807) is 0 Å². The van der Waals surface area contributed by atoms with E-state index in [2.05, 4.69) is 33.0 Å². The van der Waals surface area contributed by atoms with Crippen LogP contribution in [-0.2, 0) is 6.42 Å². The second kappa shape index (κ2) is 6.70. The predicted octanol–water partition coefficient (Wildman–Crippen LogP) is 2.31. The maximum Gasteiger partial charge on any atom is 0.254 e. The van der Waals surface area contributed by atoms with Crippen LogP contribution in [0, 0.1) is 13.8 Å². The second-order valence-electron chi connectivity index (χ2n) is 5.21. The number of carbonyl (C=O) groups excluding carboxylic acids is 1. The number of amides is 1. The van der Waals surface area contributed by atoms with Crippen molar-refractivity contribution in [2.24, 2.45) is 0 Å². The van der Waals surface area contributed by atoms with E-state index in [9.17, 15) is 4.79 Å². The lowest BCUT2D eigenvalue weighted by atomic mass is 10.1. The van der Waals surface area contributed by atoms with Crippen molar-refractivity contribution in [2.75, 3.05) is 6.54 Å². The number of thiophene rings is 1. The second-order valence-corrected chi connectivity index (χ2v) is 6.41. The number of benzene rings is 1. The minimum Gasteiger partial charge on any atom is -0.352 e. The summed E-state index contributed by atoms with van der Waals surface area (Å²) in [5.41, 5.74) is 2.82. The van der Waals surface area contributed by atoms with E-state index in [1.165, 1.54) is 27.9 Å². The molecular formula is C16H17N5OS. The molecule has 0 fully saturated rings. The summed E-state index contributed by atoms with van der Waals surface area (Å²) in [5.74, 6) is -0.0896. The van der Waals surface area contributed by atoms with E-state index >= 15 is 0 Å². The van der Waals surface area contributed by atoms with Crippen molar-refractivity contribution < 1.29 is 4.79 Å². The van der Waals surface area contributed by atoms with Gasteiger partial charge in [0.2, 0.25) is 0 Å². The van der Waals surface area contributed by atoms with Gasteiger partial charge in [0, 0.05) is 11.4 Å². The van der Waals surface area contributed by atoms with E-state index in [4.69, 9.17) is 0 Å². The number of aromatic nitrogens is 4. The first kappa shape index (κ1) is 15.4. The summed E-state index contributed by atoms with van der Waals surface area (Å²) in [6, 6.07) is 10.1. The number of nitrogens with zero attached hydrogens (tertiary/aromatic N) is 4. The van der Waals surface area contributed by atoms with Gasteiger partial charge in [0.05, 0.1) is 5.56 Å². The smallest absolute Gasteiger partial charge is 0.254 e. The number of tetrazole rings is 1. The Morgan fingerprint density at radius 2 is 2.04 bits per heavy atom. The first-order valence-electron chi connectivity index (χ1n) is 7.32. The molecule has 1 amide bonds. The van der Waals surface area contributed by atoms with Gasteiger partial charge in [-0.1, -0.05) is 30.3 Å². The Bertz CT molecular complexity index is 796. The highest BCUT2D eigenvalue weighted by atomic mass is 32.1. The standard InChI is InChI=1S/C16H17N5OS/c1-11-12(2)23-16(21-10-18-19-20-21)14(11)15(22)17-9-8-13-6-4-3-5-7-13/h3-7,10H,8-9H2,1-2H3,(H,17,22). The lowest BCUT2D eigenvalue weighted by molar-refractivity contribution is 0.0954. The van der Waals surface area contributed by atoms with Gasteiger partial charge in [-0.15, -0.1) is 16.4 Å². The Labute approximate surface area is 138 Å². The molecule has 3 rings (SSSR count). The molecule has 0 saturated heterocycles. The van der Waals surface area contributed by atoms with Crippen LogP contribution in [0.15, 0.2) is 36.7 Å². The van der Waals surface area contributed by atoms with Gasteiger partial charge < -0.3 is 5.32 Å². The van der Waals surface area contributed by atoms with Crippen molar-refractivity contribution >= 4 is 17.2 Å². The average Bonchev–Trinajstić information content (AvgIpc) is 3.17. The van der Waals surface area contributed by atoms with Crippen molar-refractivity contribution in [3.63, 3.8) is 0 Å². The Hall–Kier alpha value is -2.54. The normalized spacial score (nSPS) is 10.7. The number of hydrogen-bond donors (Lipinski definition) is 1. The van der Waals surface area contributed by atoms with Crippen LogP contribution in [0.5, 0.6) is 0 Å². The molecule has 0 atom stereocenters. The number of carbonyl (C=O) groups is 1. The molecule has 0 bridgehead atoms. The van der Waals surface area contributed by atoms with Gasteiger partial charge in [-0.25, -0.2) is 0 Å². The molecule has 0 radical (unpaired) electrons. The Morgan fingerprint density at radius 1 is 1.26 bits per heavy atom. The number of hydrogen-bond acceptors (Lipinski definition) is 5. The quantitative estimate of drug-likeness (QED) is 0.780. The van der Waals surface area contributed by atoms with Crippen molar-refractivity contribution in [3.8, 4) is 5.00 Å². The third-order valence-electron chi connectivity index (χ3n) is 3.69. The average molecular weight is 327 g/mol. The molecule has 118 valence electrons. The van der Waals surface area contributed by atoms with E-state index in [0.717, 1.165) is 21.9 Å². The molecule has 23 heavy (non-hydrogen) atoms. The molecule has 2 aromatic heterocycles. The third-order valence-corrected chi connectivity index (χ3v) is 4.89. The Morgan fingerprint density at radius 3 is 2.74 bits per heavy atom. The molecule has 0 spiro atoms. The van der Waals surface area contributed by atoms with E-state index in [0.29, 0.717) is 12.1 Å². The number of rotatable bonds is 5. The maximum atomic E-state index is 12.6. The van der Waals surface area contributed by atoms with Crippen molar-refractivity contribution in [2.45, 2.75) is 20.3 Å². The molecular weight excluding hydrogens is 310 g/mol. The van der Waals surface area contributed by atoms with Crippen molar-refractivity contribution in [1.29, 1.82) is 0 Å². The fourth-order valence-corrected chi connectivity index (χ4v) is 3.42. The molecule has 0 unspecified atom stereocenters. The SMILES string of the molecule is Cc1sc(-n2cnnn2)c(C(=O)NCCc2ccccc2)c1C. The highest BCUT2D eigenvalue weighted by molar-refractivity contribution is 7.15. The molecule has 6 nitrogen and oxygen atoms in total. The lowest BCUT2D eigenvalue weighted by Crippen LogP contribution is -2.27. The highest BCUT2D eigenvalue weighted by Gasteiger charge is 2.21. The summed E-state index contributed by atoms with van der Waals surface area (Å²) in [7, 11) is 0. The molecule has 2 heterocycles. The molecule has 1 N–H and O–H groups in total. The van der Waals surface area contributed by atoms with Gasteiger partial charge in [0.15, 0.2) is 0 Å². The zero-order chi connectivity index (χ0) is 16.2. The summed E-state index contributed by atoms with van der Waals surface area (Å²) < 4.78 is 1.54. The zero-order valence-electron chi connectivity index (χ0n) is 13.0. The van der Waals surface area contributed by atoms with Crippen LogP contribution < -0.4 is 5.32 Å². The first-order chi connectivity index (χ1) is 11.2. The summed E-state index contributed by atoms with van der Waals surface area (Å²) >= 11 is 1.52. The number of nitrogens with one attached hydrogen (secondary N) is 1. The molecule has 0 aliphatic rings. The van der Waals surface area contributed by atoms with Crippen LogP contribution >= 0.6 is 11.3 Å². The first-order valence-corrected chi connectivity index (χ1v) is 8.14. The molecule has 0 aliphatic heterocycles. The lowest BCUT2D eigenvalue weighted by Gasteiger charge is -2.07. The molecule has 7 heteroatoms. The minimum absolute atomic E-state index is 0.0896. The summed E-state index contributed by atoms with van der Waals surface area (Å²) in [4.78, 5) is 13.7.